The fourth-order valence-corrected chi connectivity index (χ4v) is 2.33. The van der Waals surface area contributed by atoms with E-state index in [-0.39, 0.29) is 0 Å². The van der Waals surface area contributed by atoms with Gasteiger partial charge in [-0.3, -0.25) is 0 Å². The van der Waals surface area contributed by atoms with Crippen LogP contribution in [0.1, 0.15) is 5.82 Å². The Morgan fingerprint density at radius 1 is 1.58 bits per heavy atom. The van der Waals surface area contributed by atoms with Crippen LogP contribution in [0.2, 0.25) is 0 Å². The van der Waals surface area contributed by atoms with Gasteiger partial charge in [0.25, 0.3) is 0 Å². The van der Waals surface area contributed by atoms with Gasteiger partial charge in [-0.05, 0) is 0 Å². The van der Waals surface area contributed by atoms with Gasteiger partial charge in [-0.25, -0.2) is 9.97 Å². The van der Waals surface area contributed by atoms with Crippen molar-refractivity contribution in [1.29, 1.82) is 0 Å². The maximum Gasteiger partial charge on any atom is 0.189 e. The molecule has 1 aliphatic heterocycles. The normalized spacial score (nSPS) is 16.7. The third-order valence-electron chi connectivity index (χ3n) is 2.12. The molecule has 62 valence electrons. The first-order chi connectivity index (χ1) is 5.95. The Morgan fingerprint density at radius 3 is 3.58 bits per heavy atom. The predicted molar refractivity (Wildman–Crippen MR) is 47.1 cm³/mol. The lowest BCUT2D eigenvalue weighted by Crippen LogP contribution is -2.27. The van der Waals surface area contributed by atoms with Gasteiger partial charge in [-0.1, -0.05) is 0 Å². The molecule has 0 amide bonds. The molecule has 0 radical (unpaired) electrons. The van der Waals surface area contributed by atoms with Crippen molar-refractivity contribution >= 4 is 21.8 Å². The summed E-state index contributed by atoms with van der Waals surface area (Å²) in [4.78, 5) is 9.81. The van der Waals surface area contributed by atoms with Crippen molar-refractivity contribution < 1.29 is 0 Å². The van der Waals surface area contributed by atoms with E-state index in [2.05, 4.69) is 19.9 Å². The Labute approximate surface area is 73.3 Å². The summed E-state index contributed by atoms with van der Waals surface area (Å²) >= 11 is 1.67. The molecule has 0 unspecified atom stereocenters. The minimum atomic E-state index is 0.878. The molecule has 0 aliphatic carbocycles. The van der Waals surface area contributed by atoms with Gasteiger partial charge < -0.3 is 9.88 Å². The van der Waals surface area contributed by atoms with Crippen LogP contribution in [0, 0.1) is 0 Å². The maximum atomic E-state index is 4.41. The van der Waals surface area contributed by atoms with Gasteiger partial charge in [0, 0.05) is 13.1 Å². The van der Waals surface area contributed by atoms with E-state index in [4.69, 9.17) is 0 Å². The van der Waals surface area contributed by atoms with E-state index >= 15 is 0 Å². The van der Waals surface area contributed by atoms with Crippen LogP contribution in [-0.4, -0.2) is 21.1 Å². The van der Waals surface area contributed by atoms with E-state index < -0.39 is 0 Å². The van der Waals surface area contributed by atoms with E-state index in [1.807, 2.05) is 5.51 Å². The van der Waals surface area contributed by atoms with Crippen LogP contribution in [0.3, 0.4) is 0 Å². The molecular weight excluding hydrogens is 172 g/mol. The summed E-state index contributed by atoms with van der Waals surface area (Å²) in [5, 5.41) is 3.29. The molecule has 0 fully saturated rings. The second-order valence-electron chi connectivity index (χ2n) is 2.84. The summed E-state index contributed by atoms with van der Waals surface area (Å²) in [7, 11) is 0. The zero-order valence-electron chi connectivity index (χ0n) is 6.45. The van der Waals surface area contributed by atoms with Gasteiger partial charge in [-0.15, -0.1) is 11.3 Å². The first-order valence-electron chi connectivity index (χ1n) is 3.94. The Morgan fingerprint density at radius 2 is 2.58 bits per heavy atom. The number of hydrogen-bond donors (Lipinski definition) is 1. The van der Waals surface area contributed by atoms with Gasteiger partial charge in [0.15, 0.2) is 5.65 Å². The fraction of sp³-hybridized carbons (Fsp3) is 0.429. The van der Waals surface area contributed by atoms with Gasteiger partial charge in [0.2, 0.25) is 0 Å². The molecule has 2 aromatic heterocycles. The maximum absolute atomic E-state index is 4.41. The largest absolute Gasteiger partial charge is 0.316 e. The number of hydrogen-bond acceptors (Lipinski definition) is 4. The molecular formula is C7H8N4S. The number of nitrogens with one attached hydrogen (secondary N) is 1. The van der Waals surface area contributed by atoms with Crippen LogP contribution < -0.4 is 5.32 Å². The Balaban J connectivity index is 2.34. The highest BCUT2D eigenvalue weighted by Crippen LogP contribution is 2.20. The summed E-state index contributed by atoms with van der Waals surface area (Å²) in [6.07, 6.45) is 0. The van der Waals surface area contributed by atoms with Gasteiger partial charge >= 0.3 is 0 Å². The van der Waals surface area contributed by atoms with Crippen molar-refractivity contribution in [3.63, 3.8) is 0 Å². The van der Waals surface area contributed by atoms with Crippen LogP contribution in [0.4, 0.5) is 0 Å². The summed E-state index contributed by atoms with van der Waals surface area (Å²) in [6, 6.07) is 0. The molecule has 1 N–H and O–H groups in total. The standard InChI is InChI=1S/C7H8N4S/c1-2-11-5(3-8-1)10-6-7(11)12-4-9-6/h4,8H,1-3H2. The summed E-state index contributed by atoms with van der Waals surface area (Å²) in [6.45, 7) is 2.94. The number of aromatic nitrogens is 3. The highest BCUT2D eigenvalue weighted by Gasteiger charge is 2.14. The molecule has 0 spiro atoms. The Bertz CT molecular complexity index is 416. The monoisotopic (exact) mass is 180 g/mol. The van der Waals surface area contributed by atoms with Crippen molar-refractivity contribution in [1.82, 2.24) is 19.9 Å². The van der Waals surface area contributed by atoms with E-state index in [0.717, 1.165) is 31.1 Å². The van der Waals surface area contributed by atoms with Gasteiger partial charge in [-0.2, -0.15) is 0 Å². The molecule has 4 nitrogen and oxygen atoms in total. The highest BCUT2D eigenvalue weighted by atomic mass is 32.1. The van der Waals surface area contributed by atoms with Crippen molar-refractivity contribution in [2.24, 2.45) is 0 Å². The lowest BCUT2D eigenvalue weighted by Gasteiger charge is -2.14. The summed E-state index contributed by atoms with van der Waals surface area (Å²) < 4.78 is 2.25. The summed E-state index contributed by atoms with van der Waals surface area (Å²) in [5.41, 5.74) is 2.76. The highest BCUT2D eigenvalue weighted by molar-refractivity contribution is 7.16. The third kappa shape index (κ3) is 0.748. The van der Waals surface area contributed by atoms with Gasteiger partial charge in [0.1, 0.15) is 10.7 Å². The molecule has 0 saturated carbocycles. The molecule has 0 aromatic carbocycles. The van der Waals surface area contributed by atoms with Crippen LogP contribution in [0.5, 0.6) is 0 Å². The third-order valence-corrected chi connectivity index (χ3v) is 2.95. The Kier molecular flexibility index (Phi) is 1.24. The molecule has 12 heavy (non-hydrogen) atoms. The van der Waals surface area contributed by atoms with Crippen LogP contribution >= 0.6 is 11.3 Å². The van der Waals surface area contributed by atoms with Crippen molar-refractivity contribution in [3.05, 3.63) is 11.3 Å². The molecule has 1 aliphatic rings. The fourth-order valence-electron chi connectivity index (χ4n) is 1.55. The first kappa shape index (κ1) is 6.56. The molecule has 2 aromatic rings. The molecule has 3 heterocycles. The summed E-state index contributed by atoms with van der Waals surface area (Å²) in [5.74, 6) is 1.12. The zero-order chi connectivity index (χ0) is 7.97. The lowest BCUT2D eigenvalue weighted by molar-refractivity contribution is 0.516. The topological polar surface area (TPSA) is 42.7 Å². The van der Waals surface area contributed by atoms with E-state index in [1.165, 1.54) is 4.83 Å². The van der Waals surface area contributed by atoms with E-state index in [9.17, 15) is 0 Å². The molecule has 5 heteroatoms. The smallest absolute Gasteiger partial charge is 0.189 e. The lowest BCUT2D eigenvalue weighted by atomic mass is 10.4. The van der Waals surface area contributed by atoms with Crippen LogP contribution in [0.25, 0.3) is 10.5 Å². The van der Waals surface area contributed by atoms with Gasteiger partial charge in [0.05, 0.1) is 12.1 Å². The minimum absolute atomic E-state index is 0.878. The number of fused-ring (bicyclic) bond motifs is 3. The average Bonchev–Trinajstić information content (AvgIpc) is 2.62. The minimum Gasteiger partial charge on any atom is -0.316 e. The second kappa shape index (κ2) is 2.27. The van der Waals surface area contributed by atoms with Crippen LogP contribution in [-0.2, 0) is 13.1 Å². The van der Waals surface area contributed by atoms with E-state index in [1.54, 1.807) is 11.3 Å². The predicted octanol–water partition coefficient (Wildman–Crippen LogP) is 0.596. The molecule has 0 atom stereocenters. The van der Waals surface area contributed by atoms with E-state index in [0.29, 0.717) is 0 Å². The quantitative estimate of drug-likeness (QED) is 0.645. The molecule has 0 saturated heterocycles. The Hall–Kier alpha value is -0.940. The SMILES string of the molecule is c1nc2nc3n(c2s1)CCNC3. The van der Waals surface area contributed by atoms with Crippen molar-refractivity contribution in [2.45, 2.75) is 13.1 Å². The number of nitrogens with zero attached hydrogens (tertiary/aromatic N) is 3. The van der Waals surface area contributed by atoms with Crippen LogP contribution in [0.15, 0.2) is 5.51 Å². The zero-order valence-corrected chi connectivity index (χ0v) is 7.27. The number of imidazole rings is 1. The van der Waals surface area contributed by atoms with Crippen molar-refractivity contribution in [3.8, 4) is 0 Å². The number of thiazole rings is 1. The molecule has 3 rings (SSSR count). The first-order valence-corrected chi connectivity index (χ1v) is 4.82. The average molecular weight is 180 g/mol. The molecule has 0 bridgehead atoms. The second-order valence-corrected chi connectivity index (χ2v) is 3.67. The van der Waals surface area contributed by atoms with Crippen molar-refractivity contribution in [2.75, 3.05) is 6.54 Å². The number of rotatable bonds is 0.